The largest absolute Gasteiger partial charge is 0.483 e. The molecule has 0 heterocycles. The molecule has 174 valence electrons. The average Bonchev–Trinajstić information content (AvgIpc) is 2.80. The summed E-state index contributed by atoms with van der Waals surface area (Å²) in [5, 5.41) is 2.74. The lowest BCUT2D eigenvalue weighted by molar-refractivity contribution is -0.118. The van der Waals surface area contributed by atoms with Crippen LogP contribution in [0, 0.1) is 13.8 Å². The molecule has 0 aromatic heterocycles. The van der Waals surface area contributed by atoms with Crippen molar-refractivity contribution < 1.29 is 17.9 Å². The van der Waals surface area contributed by atoms with E-state index in [2.05, 4.69) is 23.9 Å². The van der Waals surface area contributed by atoms with Gasteiger partial charge < -0.3 is 10.1 Å². The number of anilines is 2. The minimum Gasteiger partial charge on any atom is -0.483 e. The van der Waals surface area contributed by atoms with Crippen LogP contribution in [0.15, 0.2) is 71.6 Å². The third-order valence-electron chi connectivity index (χ3n) is 5.63. The Balaban J connectivity index is 1.61. The first-order valence-electron chi connectivity index (χ1n) is 10.9. The standard InChI is InChI=1S/C26H30N2O4S/c1-5-18(2)24-8-6-7-9-25(24)32-17-26(29)27-21-12-14-23(15-13-21)33(30,31)28-22-11-10-19(3)20(4)16-22/h6-16,18,28H,5,17H2,1-4H3,(H,27,29). The molecule has 3 aromatic rings. The molecule has 0 spiro atoms. The van der Waals surface area contributed by atoms with Gasteiger partial charge in [-0.15, -0.1) is 0 Å². The van der Waals surface area contributed by atoms with Gasteiger partial charge in [-0.1, -0.05) is 38.1 Å². The highest BCUT2D eigenvalue weighted by Crippen LogP contribution is 2.28. The molecule has 0 aliphatic carbocycles. The lowest BCUT2D eigenvalue weighted by Gasteiger charge is -2.15. The third-order valence-corrected chi connectivity index (χ3v) is 7.03. The molecule has 1 amide bonds. The summed E-state index contributed by atoms with van der Waals surface area (Å²) in [6.07, 6.45) is 0.972. The van der Waals surface area contributed by atoms with Gasteiger partial charge in [0.1, 0.15) is 5.75 Å². The SMILES string of the molecule is CCC(C)c1ccccc1OCC(=O)Nc1ccc(S(=O)(=O)Nc2ccc(C)c(C)c2)cc1. The van der Waals surface area contributed by atoms with E-state index < -0.39 is 10.0 Å². The van der Waals surface area contributed by atoms with E-state index in [9.17, 15) is 13.2 Å². The Kier molecular flexibility index (Phi) is 7.76. The number of aryl methyl sites for hydroxylation is 2. The summed E-state index contributed by atoms with van der Waals surface area (Å²) >= 11 is 0. The van der Waals surface area contributed by atoms with Crippen molar-refractivity contribution in [2.24, 2.45) is 0 Å². The first-order valence-corrected chi connectivity index (χ1v) is 12.4. The van der Waals surface area contributed by atoms with Gasteiger partial charge in [0, 0.05) is 11.4 Å². The van der Waals surface area contributed by atoms with Crippen LogP contribution in [0.3, 0.4) is 0 Å². The molecule has 1 unspecified atom stereocenters. The maximum atomic E-state index is 12.7. The summed E-state index contributed by atoms with van der Waals surface area (Å²) in [5.41, 5.74) is 4.15. The van der Waals surface area contributed by atoms with Gasteiger partial charge in [0.2, 0.25) is 0 Å². The minimum absolute atomic E-state index is 0.109. The zero-order valence-corrected chi connectivity index (χ0v) is 20.2. The first-order chi connectivity index (χ1) is 15.7. The van der Waals surface area contributed by atoms with Crippen molar-refractivity contribution in [1.82, 2.24) is 0 Å². The highest BCUT2D eigenvalue weighted by atomic mass is 32.2. The number of hydrogen-bond donors (Lipinski definition) is 2. The Morgan fingerprint density at radius 2 is 1.61 bits per heavy atom. The maximum Gasteiger partial charge on any atom is 0.262 e. The second-order valence-electron chi connectivity index (χ2n) is 8.11. The predicted molar refractivity (Wildman–Crippen MR) is 132 cm³/mol. The number of hydrogen-bond acceptors (Lipinski definition) is 4. The topological polar surface area (TPSA) is 84.5 Å². The first kappa shape index (κ1) is 24.3. The van der Waals surface area contributed by atoms with E-state index in [0.717, 1.165) is 23.1 Å². The zero-order valence-electron chi connectivity index (χ0n) is 19.4. The van der Waals surface area contributed by atoms with E-state index in [1.54, 1.807) is 24.3 Å². The van der Waals surface area contributed by atoms with Gasteiger partial charge >= 0.3 is 0 Å². The fraction of sp³-hybridized carbons (Fsp3) is 0.269. The van der Waals surface area contributed by atoms with Crippen molar-refractivity contribution in [3.05, 3.63) is 83.4 Å². The van der Waals surface area contributed by atoms with Crippen LogP contribution in [0.1, 0.15) is 42.9 Å². The van der Waals surface area contributed by atoms with Crippen molar-refractivity contribution in [1.29, 1.82) is 0 Å². The number of nitrogens with one attached hydrogen (secondary N) is 2. The number of carbonyl (C=O) groups excluding carboxylic acids is 1. The highest BCUT2D eigenvalue weighted by Gasteiger charge is 2.15. The van der Waals surface area contributed by atoms with E-state index in [0.29, 0.717) is 23.0 Å². The molecule has 7 heteroatoms. The van der Waals surface area contributed by atoms with Crippen molar-refractivity contribution in [3.63, 3.8) is 0 Å². The summed E-state index contributed by atoms with van der Waals surface area (Å²) in [6.45, 7) is 7.98. The number of carbonyl (C=O) groups is 1. The molecule has 6 nitrogen and oxygen atoms in total. The number of ether oxygens (including phenoxy) is 1. The second kappa shape index (κ2) is 10.5. The number of amides is 1. The Hall–Kier alpha value is -3.32. The van der Waals surface area contributed by atoms with Crippen LogP contribution in [0.25, 0.3) is 0 Å². The van der Waals surface area contributed by atoms with Crippen LogP contribution < -0.4 is 14.8 Å². The van der Waals surface area contributed by atoms with Crippen molar-refractivity contribution in [2.75, 3.05) is 16.6 Å². The Morgan fingerprint density at radius 1 is 0.939 bits per heavy atom. The quantitative estimate of drug-likeness (QED) is 0.428. The highest BCUT2D eigenvalue weighted by molar-refractivity contribution is 7.92. The summed E-state index contributed by atoms with van der Waals surface area (Å²) < 4.78 is 33.7. The molecular formula is C26H30N2O4S. The summed E-state index contributed by atoms with van der Waals surface area (Å²) in [6, 6.07) is 19.1. The number of rotatable bonds is 9. The van der Waals surface area contributed by atoms with E-state index >= 15 is 0 Å². The van der Waals surface area contributed by atoms with Gasteiger partial charge in [-0.25, -0.2) is 8.42 Å². The van der Waals surface area contributed by atoms with Gasteiger partial charge in [0.05, 0.1) is 4.90 Å². The van der Waals surface area contributed by atoms with Gasteiger partial charge in [0.25, 0.3) is 15.9 Å². The van der Waals surface area contributed by atoms with Gasteiger partial charge in [-0.05, 0) is 85.3 Å². The number of para-hydroxylation sites is 1. The van der Waals surface area contributed by atoms with Crippen LogP contribution in [0.2, 0.25) is 0 Å². The van der Waals surface area contributed by atoms with Crippen LogP contribution in [-0.2, 0) is 14.8 Å². The monoisotopic (exact) mass is 466 g/mol. The van der Waals surface area contributed by atoms with Crippen LogP contribution in [0.4, 0.5) is 11.4 Å². The Labute approximate surface area is 196 Å². The Bertz CT molecular complexity index is 1220. The van der Waals surface area contributed by atoms with Gasteiger partial charge in [-0.2, -0.15) is 0 Å². The third kappa shape index (κ3) is 6.35. The van der Waals surface area contributed by atoms with Gasteiger partial charge in [-0.3, -0.25) is 9.52 Å². The lowest BCUT2D eigenvalue weighted by Crippen LogP contribution is -2.20. The molecule has 3 aromatic carbocycles. The zero-order chi connectivity index (χ0) is 24.0. The van der Waals surface area contributed by atoms with E-state index in [1.807, 2.05) is 44.2 Å². The van der Waals surface area contributed by atoms with E-state index in [1.165, 1.54) is 12.1 Å². The summed E-state index contributed by atoms with van der Waals surface area (Å²) in [5.74, 6) is 0.704. The molecule has 0 aliphatic rings. The summed E-state index contributed by atoms with van der Waals surface area (Å²) in [4.78, 5) is 12.5. The smallest absolute Gasteiger partial charge is 0.262 e. The fourth-order valence-corrected chi connectivity index (χ4v) is 4.37. The van der Waals surface area contributed by atoms with Crippen LogP contribution in [0.5, 0.6) is 5.75 Å². The molecule has 3 rings (SSSR count). The Morgan fingerprint density at radius 3 is 2.27 bits per heavy atom. The number of sulfonamides is 1. The average molecular weight is 467 g/mol. The maximum absolute atomic E-state index is 12.7. The molecule has 0 saturated heterocycles. The normalized spacial score (nSPS) is 12.1. The summed E-state index contributed by atoms with van der Waals surface area (Å²) in [7, 11) is -3.74. The van der Waals surface area contributed by atoms with Crippen molar-refractivity contribution >= 4 is 27.3 Å². The van der Waals surface area contributed by atoms with Crippen molar-refractivity contribution in [2.45, 2.75) is 44.9 Å². The molecule has 33 heavy (non-hydrogen) atoms. The molecular weight excluding hydrogens is 436 g/mol. The molecule has 0 radical (unpaired) electrons. The minimum atomic E-state index is -3.74. The van der Waals surface area contributed by atoms with E-state index in [4.69, 9.17) is 4.74 Å². The van der Waals surface area contributed by atoms with Gasteiger partial charge in [0.15, 0.2) is 6.61 Å². The van der Waals surface area contributed by atoms with Crippen molar-refractivity contribution in [3.8, 4) is 5.75 Å². The second-order valence-corrected chi connectivity index (χ2v) is 9.80. The number of benzene rings is 3. The molecule has 0 aliphatic heterocycles. The fourth-order valence-electron chi connectivity index (χ4n) is 3.32. The molecule has 0 bridgehead atoms. The van der Waals surface area contributed by atoms with Crippen LogP contribution in [-0.4, -0.2) is 20.9 Å². The molecule has 0 saturated carbocycles. The lowest BCUT2D eigenvalue weighted by atomic mass is 9.98. The van der Waals surface area contributed by atoms with Crippen LogP contribution >= 0.6 is 0 Å². The molecule has 0 fully saturated rings. The molecule has 2 N–H and O–H groups in total. The van der Waals surface area contributed by atoms with E-state index in [-0.39, 0.29) is 17.4 Å². The molecule has 1 atom stereocenters. The predicted octanol–water partition coefficient (Wildman–Crippen LogP) is 5.64.